The van der Waals surface area contributed by atoms with E-state index in [2.05, 4.69) is 39.1 Å². The van der Waals surface area contributed by atoms with Crippen LogP contribution in [0.5, 0.6) is 17.2 Å². The first kappa shape index (κ1) is 27.6. The second kappa shape index (κ2) is 10.2. The minimum absolute atomic E-state index is 0.216. The average molecular weight is 543 g/mol. The van der Waals surface area contributed by atoms with Crippen molar-refractivity contribution in [1.82, 2.24) is 0 Å². The number of anilines is 1. The number of hydrogen-bond acceptors (Lipinski definition) is 6. The predicted molar refractivity (Wildman–Crippen MR) is 158 cm³/mol. The number of aliphatic imine (C=N–C) groups is 1. The zero-order valence-electron chi connectivity index (χ0n) is 24.4. The fourth-order valence-corrected chi connectivity index (χ4v) is 5.93. The van der Waals surface area contributed by atoms with Crippen molar-refractivity contribution in [2.75, 3.05) is 19.0 Å². The van der Waals surface area contributed by atoms with E-state index < -0.39 is 5.97 Å². The zero-order chi connectivity index (χ0) is 28.8. The van der Waals surface area contributed by atoms with Crippen molar-refractivity contribution in [2.24, 2.45) is 4.99 Å². The van der Waals surface area contributed by atoms with Gasteiger partial charge in [0.2, 0.25) is 0 Å². The highest BCUT2D eigenvalue weighted by molar-refractivity contribution is 6.18. The first-order valence-corrected chi connectivity index (χ1v) is 13.8. The third kappa shape index (κ3) is 5.01. The number of para-hydroxylation sites is 1. The van der Waals surface area contributed by atoms with Gasteiger partial charge in [-0.15, -0.1) is 0 Å². The molecule has 0 spiro atoms. The lowest BCUT2D eigenvalue weighted by Gasteiger charge is -2.32. The van der Waals surface area contributed by atoms with Crippen molar-refractivity contribution in [1.29, 1.82) is 0 Å². The van der Waals surface area contributed by atoms with Crippen LogP contribution in [0.3, 0.4) is 0 Å². The van der Waals surface area contributed by atoms with Gasteiger partial charge in [0.15, 0.2) is 11.5 Å². The minimum Gasteiger partial charge on any atom is -0.496 e. The average Bonchev–Trinajstić information content (AvgIpc) is 3.22. The number of rotatable bonds is 8. The molecule has 0 unspecified atom stereocenters. The van der Waals surface area contributed by atoms with Crippen molar-refractivity contribution >= 4 is 17.4 Å². The molecule has 0 aromatic heterocycles. The monoisotopic (exact) mass is 542 g/mol. The molecule has 2 heterocycles. The number of benzene rings is 3. The molecule has 0 radical (unpaired) electrons. The fourth-order valence-electron chi connectivity index (χ4n) is 5.93. The van der Waals surface area contributed by atoms with Gasteiger partial charge in [-0.05, 0) is 77.3 Å². The molecule has 2 N–H and O–H groups in total. The maximum atomic E-state index is 12.3. The van der Waals surface area contributed by atoms with Gasteiger partial charge < -0.3 is 24.6 Å². The van der Waals surface area contributed by atoms with Gasteiger partial charge in [-0.25, -0.2) is 4.79 Å². The van der Waals surface area contributed by atoms with Gasteiger partial charge in [0.1, 0.15) is 11.4 Å². The number of nitrogens with zero attached hydrogens (tertiary/aromatic N) is 1. The number of nitrogens with one attached hydrogen (secondary N) is 1. The minimum atomic E-state index is -0.985. The van der Waals surface area contributed by atoms with Crippen LogP contribution in [0.15, 0.2) is 47.5 Å². The molecule has 0 fully saturated rings. The van der Waals surface area contributed by atoms with Gasteiger partial charge in [-0.1, -0.05) is 24.3 Å². The second-order valence-electron chi connectivity index (χ2n) is 11.8. The summed E-state index contributed by atoms with van der Waals surface area (Å²) in [6, 6.07) is 13.4. The van der Waals surface area contributed by atoms with E-state index >= 15 is 0 Å². The largest absolute Gasteiger partial charge is 0.496 e. The van der Waals surface area contributed by atoms with Crippen molar-refractivity contribution in [3.63, 3.8) is 0 Å². The van der Waals surface area contributed by atoms with Crippen LogP contribution >= 0.6 is 0 Å². The Morgan fingerprint density at radius 2 is 1.85 bits per heavy atom. The van der Waals surface area contributed by atoms with E-state index in [4.69, 9.17) is 19.2 Å². The van der Waals surface area contributed by atoms with E-state index in [1.54, 1.807) is 13.2 Å². The molecule has 7 heteroatoms. The summed E-state index contributed by atoms with van der Waals surface area (Å²) < 4.78 is 18.0. The Morgan fingerprint density at radius 3 is 2.55 bits per heavy atom. The highest BCUT2D eigenvalue weighted by atomic mass is 16.5. The summed E-state index contributed by atoms with van der Waals surface area (Å²) in [4.78, 5) is 17.6. The van der Waals surface area contributed by atoms with Gasteiger partial charge in [-0.2, -0.15) is 0 Å². The molecule has 2 aliphatic rings. The fraction of sp³-hybridized carbons (Fsp3) is 0.394. The van der Waals surface area contributed by atoms with E-state index in [0.29, 0.717) is 18.8 Å². The molecule has 0 saturated carbocycles. The highest BCUT2D eigenvalue weighted by Crippen LogP contribution is 2.48. The maximum Gasteiger partial charge on any atom is 0.337 e. The van der Waals surface area contributed by atoms with Gasteiger partial charge >= 0.3 is 5.97 Å². The highest BCUT2D eigenvalue weighted by Gasteiger charge is 2.40. The summed E-state index contributed by atoms with van der Waals surface area (Å²) in [6.45, 7) is 13.4. The molecular weight excluding hydrogens is 504 g/mol. The Hall–Kier alpha value is -4.00. The van der Waals surface area contributed by atoms with Crippen LogP contribution in [0.25, 0.3) is 0 Å². The van der Waals surface area contributed by atoms with Gasteiger partial charge in [0.25, 0.3) is 0 Å². The van der Waals surface area contributed by atoms with E-state index in [0.717, 1.165) is 63.6 Å². The molecule has 0 amide bonds. The Kier molecular flexibility index (Phi) is 7.02. The van der Waals surface area contributed by atoms with Crippen molar-refractivity contribution < 1.29 is 24.1 Å². The van der Waals surface area contributed by atoms with Gasteiger partial charge in [0, 0.05) is 35.2 Å². The van der Waals surface area contributed by atoms with Crippen molar-refractivity contribution in [2.45, 2.75) is 72.1 Å². The van der Waals surface area contributed by atoms with E-state index in [9.17, 15) is 9.90 Å². The molecule has 2 aliphatic heterocycles. The Bertz CT molecular complexity index is 1520. The lowest BCUT2D eigenvalue weighted by atomic mass is 9.80. The second-order valence-corrected chi connectivity index (χ2v) is 11.8. The maximum absolute atomic E-state index is 12.3. The van der Waals surface area contributed by atoms with E-state index in [1.807, 2.05) is 44.2 Å². The molecule has 0 atom stereocenters. The summed E-state index contributed by atoms with van der Waals surface area (Å²) in [5.41, 5.74) is 6.95. The Labute approximate surface area is 236 Å². The zero-order valence-corrected chi connectivity index (χ0v) is 24.4. The van der Waals surface area contributed by atoms with Crippen LogP contribution in [0.1, 0.15) is 78.4 Å². The topological polar surface area (TPSA) is 89.4 Å². The molecule has 3 aromatic rings. The lowest BCUT2D eigenvalue weighted by molar-refractivity contribution is 0.0697. The quantitative estimate of drug-likeness (QED) is 0.333. The van der Waals surface area contributed by atoms with Crippen molar-refractivity contribution in [3.05, 3.63) is 81.4 Å². The number of carboxylic acid groups (broad SMARTS) is 1. The van der Waals surface area contributed by atoms with E-state index in [1.165, 1.54) is 5.56 Å². The SMILES string of the molecule is CCOc1cc2c(c3c1OC(C)(C)C3)C(c1ccc(C(=O)O)c(NCc3ccccc3OC)c1C)=NC(C)(C)C2. The van der Waals surface area contributed by atoms with Crippen molar-refractivity contribution in [3.8, 4) is 17.2 Å². The first-order valence-electron chi connectivity index (χ1n) is 13.8. The number of carbonyl (C=O) groups is 1. The molecule has 210 valence electrons. The molecule has 3 aromatic carbocycles. The summed E-state index contributed by atoms with van der Waals surface area (Å²) in [5, 5.41) is 13.5. The lowest BCUT2D eigenvalue weighted by Crippen LogP contribution is -2.31. The smallest absolute Gasteiger partial charge is 0.337 e. The van der Waals surface area contributed by atoms with Crippen LogP contribution in [-0.2, 0) is 19.4 Å². The molecule has 7 nitrogen and oxygen atoms in total. The van der Waals surface area contributed by atoms with Gasteiger partial charge in [-0.3, -0.25) is 4.99 Å². The third-order valence-corrected chi connectivity index (χ3v) is 7.58. The number of methoxy groups -OCH3 is 1. The number of ether oxygens (including phenoxy) is 3. The van der Waals surface area contributed by atoms with Crippen LogP contribution < -0.4 is 19.5 Å². The van der Waals surface area contributed by atoms with Crippen LogP contribution in [0.4, 0.5) is 5.69 Å². The van der Waals surface area contributed by atoms with E-state index in [-0.39, 0.29) is 16.7 Å². The Morgan fingerprint density at radius 1 is 1.10 bits per heavy atom. The predicted octanol–water partition coefficient (Wildman–Crippen LogP) is 6.60. The summed E-state index contributed by atoms with van der Waals surface area (Å²) in [5.74, 6) is 1.32. The molecule has 0 bridgehead atoms. The number of carboxylic acids is 1. The standard InChI is InChI=1S/C33H38N2O5/c1-8-39-26-15-21-16-32(3,4)35-29(27(21)24-17-33(5,6)40-30(24)26)22-13-14-23(31(36)37)28(19(22)2)34-18-20-11-9-10-12-25(20)38-7/h9-15,34H,8,16-18H2,1-7H3,(H,36,37). The molecule has 0 aliphatic carbocycles. The summed E-state index contributed by atoms with van der Waals surface area (Å²) >= 11 is 0. The van der Waals surface area contributed by atoms with Crippen LogP contribution in [-0.4, -0.2) is 41.6 Å². The Balaban J connectivity index is 1.67. The van der Waals surface area contributed by atoms with Gasteiger partial charge in [0.05, 0.1) is 36.2 Å². The normalized spacial score (nSPS) is 16.3. The number of aromatic carboxylic acids is 1. The molecule has 5 rings (SSSR count). The summed E-state index contributed by atoms with van der Waals surface area (Å²) in [6.07, 6.45) is 1.50. The summed E-state index contributed by atoms with van der Waals surface area (Å²) in [7, 11) is 1.63. The van der Waals surface area contributed by atoms with Crippen LogP contribution in [0.2, 0.25) is 0 Å². The molecular formula is C33H38N2O5. The number of fused-ring (bicyclic) bond motifs is 3. The van der Waals surface area contributed by atoms with Crippen LogP contribution in [0, 0.1) is 6.92 Å². The third-order valence-electron chi connectivity index (χ3n) is 7.58. The number of hydrogen-bond donors (Lipinski definition) is 2. The first-order chi connectivity index (χ1) is 18.9. The molecule has 40 heavy (non-hydrogen) atoms. The molecule has 0 saturated heterocycles.